The highest BCUT2D eigenvalue weighted by Gasteiger charge is 2.39. The van der Waals surface area contributed by atoms with E-state index in [0.717, 1.165) is 12.8 Å². The van der Waals surface area contributed by atoms with E-state index in [9.17, 15) is 19.5 Å². The summed E-state index contributed by atoms with van der Waals surface area (Å²) in [6, 6.07) is 13.2. The predicted molar refractivity (Wildman–Crippen MR) is 130 cm³/mol. The summed E-state index contributed by atoms with van der Waals surface area (Å²) in [7, 11) is 0. The molecule has 3 amide bonds. The maximum atomic E-state index is 13.2. The van der Waals surface area contributed by atoms with Crippen LogP contribution in [0.2, 0.25) is 0 Å². The number of hydrogen-bond donors (Lipinski definition) is 4. The van der Waals surface area contributed by atoms with Crippen LogP contribution in [0.15, 0.2) is 48.5 Å². The number of nitrogens with zero attached hydrogens (tertiary/aromatic N) is 2. The minimum absolute atomic E-state index is 0.0793. The van der Waals surface area contributed by atoms with Crippen LogP contribution >= 0.6 is 0 Å². The Balaban J connectivity index is 1.45. The SMILES string of the molecule is C[C@H]1CCCN1C(=O)c1cccc(N2CCO[C@H]([C@@H](O)C(=O)Nc3ccc(C(=N)N)cc3)C2=O)c1. The Morgan fingerprint density at radius 2 is 1.91 bits per heavy atom. The molecule has 0 bridgehead atoms. The monoisotopic (exact) mass is 479 g/mol. The highest BCUT2D eigenvalue weighted by atomic mass is 16.5. The Labute approximate surface area is 203 Å². The molecule has 10 nitrogen and oxygen atoms in total. The number of hydrogen-bond acceptors (Lipinski definition) is 6. The molecule has 2 aliphatic heterocycles. The first-order valence-corrected chi connectivity index (χ1v) is 11.5. The number of nitrogen functional groups attached to an aromatic ring is 1. The van der Waals surface area contributed by atoms with Crippen molar-refractivity contribution >= 4 is 34.9 Å². The van der Waals surface area contributed by atoms with Gasteiger partial charge in [0.2, 0.25) is 0 Å². The minimum Gasteiger partial charge on any atom is -0.384 e. The maximum absolute atomic E-state index is 13.2. The summed E-state index contributed by atoms with van der Waals surface area (Å²) in [6.07, 6.45) is -1.20. The average molecular weight is 480 g/mol. The molecular formula is C25H29N5O5. The van der Waals surface area contributed by atoms with E-state index in [4.69, 9.17) is 15.9 Å². The van der Waals surface area contributed by atoms with Crippen LogP contribution in [0.5, 0.6) is 0 Å². The number of rotatable bonds is 6. The van der Waals surface area contributed by atoms with Crippen molar-refractivity contribution < 1.29 is 24.2 Å². The third-order valence-electron chi connectivity index (χ3n) is 6.36. The van der Waals surface area contributed by atoms with Crippen LogP contribution in [0.25, 0.3) is 0 Å². The van der Waals surface area contributed by atoms with Crippen molar-refractivity contribution in [2.24, 2.45) is 5.73 Å². The highest BCUT2D eigenvalue weighted by molar-refractivity contribution is 6.05. The van der Waals surface area contributed by atoms with Gasteiger partial charge in [0.1, 0.15) is 5.84 Å². The van der Waals surface area contributed by atoms with Crippen molar-refractivity contribution in [1.82, 2.24) is 4.90 Å². The third kappa shape index (κ3) is 5.18. The molecule has 4 rings (SSSR count). The zero-order chi connectivity index (χ0) is 25.1. The third-order valence-corrected chi connectivity index (χ3v) is 6.36. The van der Waals surface area contributed by atoms with Gasteiger partial charge in [0.25, 0.3) is 17.7 Å². The molecule has 3 atom stereocenters. The van der Waals surface area contributed by atoms with Gasteiger partial charge in [0.05, 0.1) is 6.61 Å². The first-order chi connectivity index (χ1) is 16.8. The molecule has 35 heavy (non-hydrogen) atoms. The number of nitrogens with two attached hydrogens (primary N) is 1. The van der Waals surface area contributed by atoms with Crippen molar-refractivity contribution in [3.8, 4) is 0 Å². The molecular weight excluding hydrogens is 450 g/mol. The van der Waals surface area contributed by atoms with Crippen LogP contribution in [0.4, 0.5) is 11.4 Å². The van der Waals surface area contributed by atoms with E-state index >= 15 is 0 Å². The van der Waals surface area contributed by atoms with Gasteiger partial charge in [0, 0.05) is 41.6 Å². The first kappa shape index (κ1) is 24.4. The fraction of sp³-hybridized carbons (Fsp3) is 0.360. The van der Waals surface area contributed by atoms with Crippen molar-refractivity contribution in [3.63, 3.8) is 0 Å². The molecule has 0 saturated carbocycles. The molecule has 5 N–H and O–H groups in total. The zero-order valence-corrected chi connectivity index (χ0v) is 19.4. The van der Waals surface area contributed by atoms with E-state index in [1.165, 1.54) is 4.90 Å². The number of carbonyl (C=O) groups is 3. The first-order valence-electron chi connectivity index (χ1n) is 11.5. The van der Waals surface area contributed by atoms with Gasteiger partial charge in [-0.05, 0) is 62.2 Å². The molecule has 184 valence electrons. The molecule has 2 heterocycles. The van der Waals surface area contributed by atoms with Gasteiger partial charge in [-0.25, -0.2) is 0 Å². The lowest BCUT2D eigenvalue weighted by atomic mass is 10.1. The number of nitrogens with one attached hydrogen (secondary N) is 2. The van der Waals surface area contributed by atoms with Gasteiger partial charge in [-0.2, -0.15) is 0 Å². The number of amidine groups is 1. The summed E-state index contributed by atoms with van der Waals surface area (Å²) in [5.41, 5.74) is 7.29. The van der Waals surface area contributed by atoms with Gasteiger partial charge in [-0.1, -0.05) is 6.07 Å². The quantitative estimate of drug-likeness (QED) is 0.363. The number of benzene rings is 2. The molecule has 0 aliphatic carbocycles. The van der Waals surface area contributed by atoms with Crippen LogP contribution in [-0.2, 0) is 14.3 Å². The van der Waals surface area contributed by atoms with E-state index in [2.05, 4.69) is 5.32 Å². The van der Waals surface area contributed by atoms with Crippen LogP contribution in [0.3, 0.4) is 0 Å². The van der Waals surface area contributed by atoms with Gasteiger partial charge in [-0.3, -0.25) is 19.8 Å². The lowest BCUT2D eigenvalue weighted by Gasteiger charge is -2.34. The number of ether oxygens (including phenoxy) is 1. The summed E-state index contributed by atoms with van der Waals surface area (Å²) in [4.78, 5) is 42.0. The van der Waals surface area contributed by atoms with Crippen LogP contribution in [-0.4, -0.2) is 71.5 Å². The van der Waals surface area contributed by atoms with E-state index in [-0.39, 0.29) is 30.9 Å². The van der Waals surface area contributed by atoms with Gasteiger partial charge < -0.3 is 30.7 Å². The summed E-state index contributed by atoms with van der Waals surface area (Å²) in [6.45, 7) is 3.08. The van der Waals surface area contributed by atoms with Crippen LogP contribution in [0, 0.1) is 5.41 Å². The van der Waals surface area contributed by atoms with Crippen molar-refractivity contribution in [2.75, 3.05) is 29.9 Å². The second-order valence-corrected chi connectivity index (χ2v) is 8.75. The second-order valence-electron chi connectivity index (χ2n) is 8.75. The van der Waals surface area contributed by atoms with Crippen LogP contribution < -0.4 is 16.0 Å². The van der Waals surface area contributed by atoms with Crippen LogP contribution in [0.1, 0.15) is 35.7 Å². The topological polar surface area (TPSA) is 149 Å². The molecule has 2 aliphatic rings. The standard InChI is InChI=1S/C25H29N5O5/c1-15-4-3-11-29(15)24(33)17-5-2-6-19(14-17)30-12-13-35-21(25(30)34)20(31)23(32)28-18-9-7-16(8-10-18)22(26)27/h2,5-10,14-15,20-21,31H,3-4,11-13H2,1H3,(H3,26,27)(H,28,32)/t15-,20+,21+/m0/s1. The van der Waals surface area contributed by atoms with E-state index in [1.807, 2.05) is 11.8 Å². The second kappa shape index (κ2) is 10.2. The fourth-order valence-corrected chi connectivity index (χ4v) is 4.38. The van der Waals surface area contributed by atoms with E-state index < -0.39 is 24.0 Å². The number of carbonyl (C=O) groups excluding carboxylic acids is 3. The highest BCUT2D eigenvalue weighted by Crippen LogP contribution is 2.25. The molecule has 0 unspecified atom stereocenters. The van der Waals surface area contributed by atoms with Gasteiger partial charge >= 0.3 is 0 Å². The van der Waals surface area contributed by atoms with E-state index in [1.54, 1.807) is 48.5 Å². The zero-order valence-electron chi connectivity index (χ0n) is 19.4. The molecule has 0 radical (unpaired) electrons. The summed E-state index contributed by atoms with van der Waals surface area (Å²) in [5.74, 6) is -1.55. The number of anilines is 2. The Bertz CT molecular complexity index is 1140. The number of aliphatic hydroxyl groups excluding tert-OH is 1. The number of morpholine rings is 1. The van der Waals surface area contributed by atoms with E-state index in [0.29, 0.717) is 29.0 Å². The Hall–Kier alpha value is -3.76. The molecule has 2 fully saturated rings. The largest absolute Gasteiger partial charge is 0.384 e. The Morgan fingerprint density at radius 1 is 1.17 bits per heavy atom. The molecule has 0 spiro atoms. The fourth-order valence-electron chi connectivity index (χ4n) is 4.38. The van der Waals surface area contributed by atoms with Gasteiger partial charge in [-0.15, -0.1) is 0 Å². The summed E-state index contributed by atoms with van der Waals surface area (Å²) >= 11 is 0. The van der Waals surface area contributed by atoms with Crippen molar-refractivity contribution in [1.29, 1.82) is 5.41 Å². The van der Waals surface area contributed by atoms with Crippen molar-refractivity contribution in [2.45, 2.75) is 38.0 Å². The molecule has 2 aromatic carbocycles. The molecule has 2 aromatic rings. The summed E-state index contributed by atoms with van der Waals surface area (Å²) < 4.78 is 5.46. The Morgan fingerprint density at radius 3 is 2.57 bits per heavy atom. The number of likely N-dealkylation sites (tertiary alicyclic amines) is 1. The Kier molecular flexibility index (Phi) is 7.13. The lowest BCUT2D eigenvalue weighted by Crippen LogP contribution is -2.55. The van der Waals surface area contributed by atoms with Gasteiger partial charge in [0.15, 0.2) is 12.2 Å². The minimum atomic E-state index is -1.74. The van der Waals surface area contributed by atoms with Crippen molar-refractivity contribution in [3.05, 3.63) is 59.7 Å². The summed E-state index contributed by atoms with van der Waals surface area (Å²) in [5, 5.41) is 20.6. The molecule has 0 aromatic heterocycles. The number of aliphatic hydroxyl groups is 1. The lowest BCUT2D eigenvalue weighted by molar-refractivity contribution is -0.150. The molecule has 10 heteroatoms. The predicted octanol–water partition coefficient (Wildman–Crippen LogP) is 1.33. The smallest absolute Gasteiger partial charge is 0.259 e. The number of amides is 3. The maximum Gasteiger partial charge on any atom is 0.259 e. The average Bonchev–Trinajstić information content (AvgIpc) is 3.29. The molecule has 2 saturated heterocycles. The normalized spacial score (nSPS) is 21.0.